The van der Waals surface area contributed by atoms with Gasteiger partial charge in [0.1, 0.15) is 12.4 Å². The van der Waals surface area contributed by atoms with Gasteiger partial charge in [-0.15, -0.1) is 0 Å². The van der Waals surface area contributed by atoms with Crippen molar-refractivity contribution >= 4 is 11.8 Å². The monoisotopic (exact) mass is 567 g/mol. The Hall–Kier alpha value is -4.52. The van der Waals surface area contributed by atoms with Gasteiger partial charge in [0.15, 0.2) is 17.3 Å². The Morgan fingerprint density at radius 1 is 0.905 bits per heavy atom. The largest absolute Gasteiger partial charge is 0.493 e. The van der Waals surface area contributed by atoms with E-state index in [0.29, 0.717) is 53.5 Å². The highest BCUT2D eigenvalue weighted by Gasteiger charge is 2.41. The van der Waals surface area contributed by atoms with E-state index in [1.807, 2.05) is 93.6 Å². The lowest BCUT2D eigenvalue weighted by molar-refractivity contribution is -0.143. The molecule has 0 bridgehead atoms. The van der Waals surface area contributed by atoms with Crippen molar-refractivity contribution in [3.8, 4) is 17.2 Å². The summed E-state index contributed by atoms with van der Waals surface area (Å²) in [7, 11) is 3.20. The summed E-state index contributed by atoms with van der Waals surface area (Å²) in [5.74, 6) is 0.856. The number of esters is 1. The number of dihydropyridines is 1. The van der Waals surface area contributed by atoms with Crippen LogP contribution in [0.5, 0.6) is 17.2 Å². The SMILES string of the molecule is COc1ccc([C@@H]2CC(=O)C3=C(C2)NC(C)=C(C(=O)OC(C)C)[C@H]3c2cccc(OCc3ccccc3)c2)cc1OC. The van der Waals surface area contributed by atoms with Gasteiger partial charge >= 0.3 is 5.97 Å². The molecule has 0 amide bonds. The quantitative estimate of drug-likeness (QED) is 0.292. The van der Waals surface area contributed by atoms with E-state index in [1.54, 1.807) is 14.2 Å². The zero-order valence-corrected chi connectivity index (χ0v) is 24.7. The molecule has 0 saturated carbocycles. The second-order valence-corrected chi connectivity index (χ2v) is 10.9. The minimum atomic E-state index is -0.577. The van der Waals surface area contributed by atoms with Crippen molar-refractivity contribution in [2.45, 2.75) is 58.2 Å². The Morgan fingerprint density at radius 3 is 2.38 bits per heavy atom. The summed E-state index contributed by atoms with van der Waals surface area (Å²) in [6.07, 6.45) is 0.620. The second kappa shape index (κ2) is 12.6. The van der Waals surface area contributed by atoms with Gasteiger partial charge < -0.3 is 24.3 Å². The lowest BCUT2D eigenvalue weighted by atomic mass is 9.71. The first-order valence-corrected chi connectivity index (χ1v) is 14.2. The first kappa shape index (κ1) is 29.0. The summed E-state index contributed by atoms with van der Waals surface area (Å²) in [6, 6.07) is 23.4. The van der Waals surface area contributed by atoms with E-state index in [1.165, 1.54) is 0 Å². The lowest BCUT2D eigenvalue weighted by Crippen LogP contribution is -2.36. The van der Waals surface area contributed by atoms with E-state index in [9.17, 15) is 9.59 Å². The van der Waals surface area contributed by atoms with Crippen molar-refractivity contribution < 1.29 is 28.5 Å². The maximum atomic E-state index is 14.0. The molecule has 3 aromatic carbocycles. The van der Waals surface area contributed by atoms with Crippen LogP contribution in [0.1, 0.15) is 62.1 Å². The number of allylic oxidation sites excluding steroid dienone is 3. The molecule has 0 spiro atoms. The first-order chi connectivity index (χ1) is 20.3. The van der Waals surface area contributed by atoms with Crippen molar-refractivity contribution in [2.24, 2.45) is 0 Å². The predicted octanol–water partition coefficient (Wildman–Crippen LogP) is 6.60. The molecule has 1 aliphatic heterocycles. The summed E-state index contributed by atoms with van der Waals surface area (Å²) in [4.78, 5) is 27.5. The van der Waals surface area contributed by atoms with Gasteiger partial charge in [0.2, 0.25) is 0 Å². The molecule has 0 unspecified atom stereocenters. The number of carbonyl (C=O) groups excluding carboxylic acids is 2. The van der Waals surface area contributed by atoms with E-state index >= 15 is 0 Å². The maximum absolute atomic E-state index is 14.0. The molecule has 0 saturated heterocycles. The molecule has 3 aromatic rings. The Morgan fingerprint density at radius 2 is 1.67 bits per heavy atom. The maximum Gasteiger partial charge on any atom is 0.337 e. The van der Waals surface area contributed by atoms with Crippen LogP contribution in [0.3, 0.4) is 0 Å². The van der Waals surface area contributed by atoms with E-state index in [4.69, 9.17) is 18.9 Å². The number of ether oxygens (including phenoxy) is 4. The van der Waals surface area contributed by atoms with Gasteiger partial charge in [-0.25, -0.2) is 4.79 Å². The molecular formula is C35H37NO6. The fraction of sp³-hybridized carbons (Fsp3) is 0.314. The van der Waals surface area contributed by atoms with E-state index in [0.717, 1.165) is 22.4 Å². The average Bonchev–Trinajstić information content (AvgIpc) is 2.99. The number of benzene rings is 3. The highest BCUT2D eigenvalue weighted by molar-refractivity contribution is 6.04. The minimum Gasteiger partial charge on any atom is -0.493 e. The molecule has 5 rings (SSSR count). The number of hydrogen-bond donors (Lipinski definition) is 1. The van der Waals surface area contributed by atoms with Crippen molar-refractivity contribution in [3.63, 3.8) is 0 Å². The Labute approximate surface area is 247 Å². The van der Waals surface area contributed by atoms with Gasteiger partial charge in [0, 0.05) is 29.3 Å². The highest BCUT2D eigenvalue weighted by atomic mass is 16.5. The third kappa shape index (κ3) is 6.05. The topological polar surface area (TPSA) is 83.1 Å². The van der Waals surface area contributed by atoms with Crippen molar-refractivity contribution in [1.29, 1.82) is 0 Å². The van der Waals surface area contributed by atoms with Crippen LogP contribution < -0.4 is 19.5 Å². The molecule has 1 heterocycles. The molecule has 1 N–H and O–H groups in total. The van der Waals surface area contributed by atoms with Crippen molar-refractivity contribution in [2.75, 3.05) is 14.2 Å². The molecule has 42 heavy (non-hydrogen) atoms. The molecule has 2 aliphatic rings. The fourth-order valence-corrected chi connectivity index (χ4v) is 5.79. The van der Waals surface area contributed by atoms with Crippen LogP contribution in [0.4, 0.5) is 0 Å². The second-order valence-electron chi connectivity index (χ2n) is 10.9. The van der Waals surface area contributed by atoms with Crippen LogP contribution in [0.25, 0.3) is 0 Å². The van der Waals surface area contributed by atoms with Crippen molar-refractivity contribution in [3.05, 3.63) is 112 Å². The molecular weight excluding hydrogens is 530 g/mol. The smallest absolute Gasteiger partial charge is 0.337 e. The van der Waals surface area contributed by atoms with Crippen molar-refractivity contribution in [1.82, 2.24) is 5.32 Å². The number of nitrogens with one attached hydrogen (secondary N) is 1. The van der Waals surface area contributed by atoms with Crippen LogP contribution in [0.15, 0.2) is 95.3 Å². The van der Waals surface area contributed by atoms with Gasteiger partial charge in [-0.3, -0.25) is 4.79 Å². The van der Waals surface area contributed by atoms with Gasteiger partial charge in [-0.05, 0) is 74.1 Å². The summed E-state index contributed by atoms with van der Waals surface area (Å²) in [5, 5.41) is 3.42. The third-order valence-corrected chi connectivity index (χ3v) is 7.71. The Kier molecular flexibility index (Phi) is 8.67. The fourth-order valence-electron chi connectivity index (χ4n) is 5.79. The Bertz CT molecular complexity index is 1540. The zero-order chi connectivity index (χ0) is 29.8. The normalized spacial score (nSPS) is 18.4. The highest BCUT2D eigenvalue weighted by Crippen LogP contribution is 2.47. The number of rotatable bonds is 9. The predicted molar refractivity (Wildman–Crippen MR) is 161 cm³/mol. The Balaban J connectivity index is 1.52. The minimum absolute atomic E-state index is 0.00788. The molecule has 7 nitrogen and oxygen atoms in total. The molecule has 0 radical (unpaired) electrons. The van der Waals surface area contributed by atoms with Crippen LogP contribution in [0, 0.1) is 0 Å². The molecule has 2 atom stereocenters. The molecule has 218 valence electrons. The van der Waals surface area contributed by atoms with E-state index in [2.05, 4.69) is 5.32 Å². The third-order valence-electron chi connectivity index (χ3n) is 7.71. The molecule has 0 aromatic heterocycles. The zero-order valence-electron chi connectivity index (χ0n) is 24.7. The van der Waals surface area contributed by atoms with Crippen LogP contribution in [-0.4, -0.2) is 32.1 Å². The number of ketones is 1. The van der Waals surface area contributed by atoms with Gasteiger partial charge in [0.05, 0.1) is 25.9 Å². The molecule has 1 aliphatic carbocycles. The van der Waals surface area contributed by atoms with Gasteiger partial charge in [0.25, 0.3) is 0 Å². The summed E-state index contributed by atoms with van der Waals surface area (Å²) < 4.78 is 22.7. The first-order valence-electron chi connectivity index (χ1n) is 14.2. The number of methoxy groups -OCH3 is 2. The molecule has 7 heteroatoms. The van der Waals surface area contributed by atoms with E-state index in [-0.39, 0.29) is 17.8 Å². The number of hydrogen-bond acceptors (Lipinski definition) is 7. The summed E-state index contributed by atoms with van der Waals surface area (Å²) in [5.41, 5.74) is 5.41. The van der Waals surface area contributed by atoms with Crippen LogP contribution in [0.2, 0.25) is 0 Å². The number of carbonyl (C=O) groups is 2. The van der Waals surface area contributed by atoms with Gasteiger partial charge in [-0.1, -0.05) is 48.5 Å². The standard InChI is InChI=1S/C35H37NO6/c1-21(2)42-35(38)32-22(3)36-28-17-26(24-14-15-30(39-4)31(19-24)40-5)18-29(37)34(28)33(32)25-12-9-13-27(16-25)41-20-23-10-7-6-8-11-23/h6-16,19,21,26,33,36H,17-18,20H2,1-5H3/t26-,33+/m0/s1. The summed E-state index contributed by atoms with van der Waals surface area (Å²) >= 11 is 0. The molecule has 0 fully saturated rings. The average molecular weight is 568 g/mol. The lowest BCUT2D eigenvalue weighted by Gasteiger charge is -2.37. The van der Waals surface area contributed by atoms with Crippen LogP contribution >= 0.6 is 0 Å². The summed E-state index contributed by atoms with van der Waals surface area (Å²) in [6.45, 7) is 5.92. The van der Waals surface area contributed by atoms with Gasteiger partial charge in [-0.2, -0.15) is 0 Å². The van der Waals surface area contributed by atoms with Crippen LogP contribution in [-0.2, 0) is 20.9 Å². The van der Waals surface area contributed by atoms with E-state index < -0.39 is 11.9 Å². The number of Topliss-reactive ketones (excluding diaryl/α,β-unsaturated/α-hetero) is 1.